The van der Waals surface area contributed by atoms with Gasteiger partial charge in [0, 0.05) is 19.2 Å². The molecule has 0 aliphatic rings. The van der Waals surface area contributed by atoms with Crippen molar-refractivity contribution < 1.29 is 31.8 Å². The molecule has 3 aromatic carbocycles. The van der Waals surface area contributed by atoms with Gasteiger partial charge >= 0.3 is 5.97 Å². The van der Waals surface area contributed by atoms with Gasteiger partial charge in [-0.2, -0.15) is 9.57 Å². The van der Waals surface area contributed by atoms with E-state index < -0.39 is 39.1 Å². The van der Waals surface area contributed by atoms with E-state index in [-0.39, 0.29) is 12.3 Å². The highest BCUT2D eigenvalue weighted by molar-refractivity contribution is 7.89. The molecule has 0 unspecified atom stereocenters. The lowest BCUT2D eigenvalue weighted by Crippen LogP contribution is -2.26. The minimum absolute atomic E-state index is 0.120. The number of aliphatic carboxylic acids is 1. The Morgan fingerprint density at radius 1 is 1.09 bits per heavy atom. The van der Waals surface area contributed by atoms with Crippen LogP contribution in [0.25, 0.3) is 11.1 Å². The van der Waals surface area contributed by atoms with Crippen LogP contribution in [0.15, 0.2) is 65.6 Å². The molecule has 10 heteroatoms. The molecular formula is C23H18F2N2O5S. The number of nitriles is 1. The summed E-state index contributed by atoms with van der Waals surface area (Å²) in [6.45, 7) is -0.708. The Labute approximate surface area is 189 Å². The number of hydrogen-bond acceptors (Lipinski definition) is 5. The van der Waals surface area contributed by atoms with Crippen molar-refractivity contribution in [2.45, 2.75) is 11.4 Å². The monoisotopic (exact) mass is 472 g/mol. The summed E-state index contributed by atoms with van der Waals surface area (Å²) in [5.41, 5.74) is 1.93. The molecule has 0 heterocycles. The Kier molecular flexibility index (Phi) is 7.06. The first-order valence-corrected chi connectivity index (χ1v) is 11.0. The van der Waals surface area contributed by atoms with Crippen LogP contribution in [-0.4, -0.2) is 37.5 Å². The molecular weight excluding hydrogens is 454 g/mol. The van der Waals surface area contributed by atoms with Crippen LogP contribution in [0.1, 0.15) is 11.1 Å². The van der Waals surface area contributed by atoms with Gasteiger partial charge in [-0.05, 0) is 53.6 Å². The Balaban J connectivity index is 1.96. The number of halogens is 2. The summed E-state index contributed by atoms with van der Waals surface area (Å²) in [5, 5.41) is 18.1. The first-order chi connectivity index (χ1) is 15.6. The second-order valence-corrected chi connectivity index (χ2v) is 9.09. The quantitative estimate of drug-likeness (QED) is 0.535. The predicted molar refractivity (Wildman–Crippen MR) is 115 cm³/mol. The van der Waals surface area contributed by atoms with E-state index in [4.69, 9.17) is 9.84 Å². The van der Waals surface area contributed by atoms with Gasteiger partial charge in [-0.3, -0.25) is 0 Å². The second-order valence-electron chi connectivity index (χ2n) is 7.04. The summed E-state index contributed by atoms with van der Waals surface area (Å²) in [6, 6.07) is 15.6. The lowest BCUT2D eigenvalue weighted by Gasteiger charge is -2.19. The number of nitrogens with zero attached hydrogens (tertiary/aromatic N) is 2. The van der Waals surface area contributed by atoms with E-state index in [1.54, 1.807) is 36.4 Å². The molecule has 3 aromatic rings. The number of carbonyl (C=O) groups is 1. The van der Waals surface area contributed by atoms with Crippen molar-refractivity contribution in [1.82, 2.24) is 4.31 Å². The van der Waals surface area contributed by atoms with Gasteiger partial charge < -0.3 is 9.84 Å². The maximum absolute atomic E-state index is 13.5. The lowest BCUT2D eigenvalue weighted by atomic mass is 10.00. The minimum atomic E-state index is -4.12. The fourth-order valence-corrected chi connectivity index (χ4v) is 4.25. The zero-order valence-corrected chi connectivity index (χ0v) is 18.1. The van der Waals surface area contributed by atoms with E-state index in [1.165, 1.54) is 13.1 Å². The summed E-state index contributed by atoms with van der Waals surface area (Å²) < 4.78 is 58.7. The standard InChI is InChI=1S/C23H18F2N2O5S/c1-27(33(30,31)18-6-7-20(24)21(25)11-18)13-16-5-8-22(32-14-23(28)29)19(10-16)17-4-2-3-15(9-17)12-26/h2-11H,13-14H2,1H3,(H,28,29). The highest BCUT2D eigenvalue weighted by Crippen LogP contribution is 2.32. The minimum Gasteiger partial charge on any atom is -0.481 e. The van der Waals surface area contributed by atoms with Crippen LogP contribution in [0.5, 0.6) is 5.75 Å². The smallest absolute Gasteiger partial charge is 0.341 e. The Morgan fingerprint density at radius 3 is 2.52 bits per heavy atom. The second kappa shape index (κ2) is 9.77. The van der Waals surface area contributed by atoms with Gasteiger partial charge in [-0.1, -0.05) is 18.2 Å². The average Bonchev–Trinajstić information content (AvgIpc) is 2.79. The maximum Gasteiger partial charge on any atom is 0.341 e. The fourth-order valence-electron chi connectivity index (χ4n) is 3.08. The molecule has 1 N–H and O–H groups in total. The third-order valence-electron chi connectivity index (χ3n) is 4.70. The van der Waals surface area contributed by atoms with Crippen molar-refractivity contribution >= 4 is 16.0 Å². The number of ether oxygens (including phenoxy) is 1. The zero-order valence-electron chi connectivity index (χ0n) is 17.3. The van der Waals surface area contributed by atoms with Crippen LogP contribution in [0.4, 0.5) is 8.78 Å². The number of rotatable bonds is 8. The molecule has 170 valence electrons. The highest BCUT2D eigenvalue weighted by atomic mass is 32.2. The molecule has 0 saturated carbocycles. The van der Waals surface area contributed by atoms with Gasteiger partial charge in [0.25, 0.3) is 0 Å². The SMILES string of the molecule is CN(Cc1ccc(OCC(=O)O)c(-c2cccc(C#N)c2)c1)S(=O)(=O)c1ccc(F)c(F)c1. The third-order valence-corrected chi connectivity index (χ3v) is 6.50. The molecule has 0 saturated heterocycles. The molecule has 0 spiro atoms. The molecule has 7 nitrogen and oxygen atoms in total. The van der Waals surface area contributed by atoms with Gasteiger partial charge in [-0.15, -0.1) is 0 Å². The number of carboxylic acid groups (broad SMARTS) is 1. The van der Waals surface area contributed by atoms with Crippen LogP contribution in [-0.2, 0) is 21.4 Å². The van der Waals surface area contributed by atoms with Crippen molar-refractivity contribution in [3.63, 3.8) is 0 Å². The molecule has 33 heavy (non-hydrogen) atoms. The first-order valence-electron chi connectivity index (χ1n) is 9.51. The lowest BCUT2D eigenvalue weighted by molar-refractivity contribution is -0.139. The van der Waals surface area contributed by atoms with E-state index in [9.17, 15) is 27.3 Å². The summed E-state index contributed by atoms with van der Waals surface area (Å²) in [5.74, 6) is -3.36. The molecule has 0 aliphatic heterocycles. The summed E-state index contributed by atoms with van der Waals surface area (Å²) in [6.07, 6.45) is 0. The number of hydrogen-bond donors (Lipinski definition) is 1. The van der Waals surface area contributed by atoms with Crippen molar-refractivity contribution in [1.29, 1.82) is 5.26 Å². The fraction of sp³-hybridized carbons (Fsp3) is 0.130. The van der Waals surface area contributed by atoms with Crippen LogP contribution in [0.2, 0.25) is 0 Å². The molecule has 0 fully saturated rings. The van der Waals surface area contributed by atoms with Gasteiger partial charge in [0.2, 0.25) is 10.0 Å². The maximum atomic E-state index is 13.5. The predicted octanol–water partition coefficient (Wildman–Crippen LogP) is 3.79. The van der Waals surface area contributed by atoms with E-state index in [1.807, 2.05) is 6.07 Å². The Hall–Kier alpha value is -3.81. The summed E-state index contributed by atoms with van der Waals surface area (Å²) >= 11 is 0. The van der Waals surface area contributed by atoms with Gasteiger partial charge in [0.15, 0.2) is 18.2 Å². The summed E-state index contributed by atoms with van der Waals surface area (Å²) in [7, 11) is -2.83. The van der Waals surface area contributed by atoms with Crippen LogP contribution < -0.4 is 4.74 Å². The molecule has 0 radical (unpaired) electrons. The van der Waals surface area contributed by atoms with Crippen molar-refractivity contribution in [2.75, 3.05) is 13.7 Å². The van der Waals surface area contributed by atoms with E-state index in [0.29, 0.717) is 28.3 Å². The molecule has 3 rings (SSSR count). The third kappa shape index (κ3) is 5.52. The molecule has 0 amide bonds. The van der Waals surface area contributed by atoms with Gasteiger partial charge in [0.05, 0.1) is 16.5 Å². The van der Waals surface area contributed by atoms with Crippen molar-refractivity contribution in [3.05, 3.63) is 83.4 Å². The zero-order chi connectivity index (χ0) is 24.2. The largest absolute Gasteiger partial charge is 0.481 e. The first kappa shape index (κ1) is 23.8. The van der Waals surface area contributed by atoms with Gasteiger partial charge in [0.1, 0.15) is 5.75 Å². The van der Waals surface area contributed by atoms with Crippen molar-refractivity contribution in [3.8, 4) is 22.9 Å². The van der Waals surface area contributed by atoms with E-state index in [2.05, 4.69) is 0 Å². The molecule has 0 atom stereocenters. The molecule has 0 bridgehead atoms. The van der Waals surface area contributed by atoms with Crippen LogP contribution in [0.3, 0.4) is 0 Å². The number of benzene rings is 3. The number of sulfonamides is 1. The van der Waals surface area contributed by atoms with Crippen LogP contribution in [0, 0.1) is 23.0 Å². The molecule has 0 aromatic heterocycles. The van der Waals surface area contributed by atoms with E-state index >= 15 is 0 Å². The summed E-state index contributed by atoms with van der Waals surface area (Å²) in [4.78, 5) is 10.5. The highest BCUT2D eigenvalue weighted by Gasteiger charge is 2.23. The normalized spacial score (nSPS) is 11.2. The molecule has 0 aliphatic carbocycles. The Morgan fingerprint density at radius 2 is 1.85 bits per heavy atom. The number of carboxylic acids is 1. The van der Waals surface area contributed by atoms with Crippen molar-refractivity contribution in [2.24, 2.45) is 0 Å². The van der Waals surface area contributed by atoms with Crippen LogP contribution >= 0.6 is 0 Å². The topological polar surface area (TPSA) is 108 Å². The van der Waals surface area contributed by atoms with Gasteiger partial charge in [-0.25, -0.2) is 22.0 Å². The van der Waals surface area contributed by atoms with E-state index in [0.717, 1.165) is 16.4 Å². The average molecular weight is 472 g/mol. The Bertz CT molecular complexity index is 1350.